The van der Waals surface area contributed by atoms with Crippen molar-refractivity contribution < 1.29 is 13.2 Å². The maximum absolute atomic E-state index is 12.5. The molecule has 0 spiro atoms. The van der Waals surface area contributed by atoms with Crippen molar-refractivity contribution in [3.63, 3.8) is 0 Å². The molecule has 2 rings (SSSR count). The minimum absolute atomic E-state index is 0.0799. The SMILES string of the molecule is CC(C)CNC(=O)C1(c2ccc(NS(C)(=O)=O)cc2)CCC1. The molecular weight excluding hydrogens is 300 g/mol. The van der Waals surface area contributed by atoms with Crippen molar-refractivity contribution in [3.05, 3.63) is 29.8 Å². The van der Waals surface area contributed by atoms with Crippen molar-refractivity contribution in [2.75, 3.05) is 17.5 Å². The van der Waals surface area contributed by atoms with Gasteiger partial charge in [0.1, 0.15) is 0 Å². The Kier molecular flexibility index (Phi) is 4.80. The molecule has 1 amide bonds. The number of benzene rings is 1. The third kappa shape index (κ3) is 3.80. The van der Waals surface area contributed by atoms with Crippen molar-refractivity contribution in [2.24, 2.45) is 5.92 Å². The topological polar surface area (TPSA) is 75.3 Å². The Labute approximate surface area is 132 Å². The molecule has 0 saturated heterocycles. The van der Waals surface area contributed by atoms with Gasteiger partial charge in [-0.25, -0.2) is 8.42 Å². The molecule has 1 aliphatic rings. The van der Waals surface area contributed by atoms with E-state index in [1.54, 1.807) is 12.1 Å². The highest BCUT2D eigenvalue weighted by atomic mass is 32.2. The Hall–Kier alpha value is -1.56. The van der Waals surface area contributed by atoms with E-state index in [1.807, 2.05) is 12.1 Å². The lowest BCUT2D eigenvalue weighted by atomic mass is 9.63. The van der Waals surface area contributed by atoms with Crippen LogP contribution in [0.4, 0.5) is 5.69 Å². The molecule has 1 aliphatic carbocycles. The van der Waals surface area contributed by atoms with Crippen molar-refractivity contribution >= 4 is 21.6 Å². The second-order valence-corrected chi connectivity index (χ2v) is 8.24. The first-order chi connectivity index (χ1) is 10.2. The minimum Gasteiger partial charge on any atom is -0.355 e. The quantitative estimate of drug-likeness (QED) is 0.843. The zero-order chi connectivity index (χ0) is 16.4. The standard InChI is InChI=1S/C16H24N2O3S/c1-12(2)11-17-15(19)16(9-4-10-16)13-5-7-14(8-6-13)18-22(3,20)21/h5-8,12,18H,4,9-11H2,1-3H3,(H,17,19). The van der Waals surface area contributed by atoms with Gasteiger partial charge < -0.3 is 5.32 Å². The number of carbonyl (C=O) groups is 1. The number of sulfonamides is 1. The molecule has 5 nitrogen and oxygen atoms in total. The molecule has 1 fully saturated rings. The summed E-state index contributed by atoms with van der Waals surface area (Å²) in [6.07, 6.45) is 3.84. The van der Waals surface area contributed by atoms with Crippen molar-refractivity contribution in [3.8, 4) is 0 Å². The lowest BCUT2D eigenvalue weighted by Gasteiger charge is -2.41. The molecule has 1 aromatic rings. The molecule has 0 aliphatic heterocycles. The van der Waals surface area contributed by atoms with E-state index in [-0.39, 0.29) is 5.91 Å². The van der Waals surface area contributed by atoms with Crippen LogP contribution in [0, 0.1) is 5.92 Å². The summed E-state index contributed by atoms with van der Waals surface area (Å²) >= 11 is 0. The van der Waals surface area contributed by atoms with Crippen LogP contribution in [0.5, 0.6) is 0 Å². The third-order valence-electron chi connectivity index (χ3n) is 4.05. The number of hydrogen-bond acceptors (Lipinski definition) is 3. The van der Waals surface area contributed by atoms with Crippen molar-refractivity contribution in [2.45, 2.75) is 38.5 Å². The van der Waals surface area contributed by atoms with Crippen LogP contribution in [0.2, 0.25) is 0 Å². The highest BCUT2D eigenvalue weighted by molar-refractivity contribution is 7.92. The fourth-order valence-corrected chi connectivity index (χ4v) is 3.28. The summed E-state index contributed by atoms with van der Waals surface area (Å²) in [5, 5.41) is 3.03. The van der Waals surface area contributed by atoms with E-state index < -0.39 is 15.4 Å². The van der Waals surface area contributed by atoms with Crippen molar-refractivity contribution in [1.82, 2.24) is 5.32 Å². The van der Waals surface area contributed by atoms with E-state index in [0.29, 0.717) is 18.2 Å². The fourth-order valence-electron chi connectivity index (χ4n) is 2.71. The number of carbonyl (C=O) groups excluding carboxylic acids is 1. The summed E-state index contributed by atoms with van der Waals surface area (Å²) in [5.74, 6) is 0.499. The molecule has 0 aromatic heterocycles. The van der Waals surface area contributed by atoms with E-state index in [2.05, 4.69) is 23.9 Å². The molecule has 22 heavy (non-hydrogen) atoms. The van der Waals surface area contributed by atoms with Gasteiger partial charge in [-0.3, -0.25) is 9.52 Å². The van der Waals surface area contributed by atoms with Crippen LogP contribution in [-0.4, -0.2) is 27.1 Å². The second kappa shape index (κ2) is 6.28. The number of hydrogen-bond donors (Lipinski definition) is 2. The van der Waals surface area contributed by atoms with Crippen LogP contribution in [-0.2, 0) is 20.2 Å². The maximum atomic E-state index is 12.5. The monoisotopic (exact) mass is 324 g/mol. The van der Waals surface area contributed by atoms with Gasteiger partial charge in [0.2, 0.25) is 15.9 Å². The van der Waals surface area contributed by atoms with Gasteiger partial charge in [-0.05, 0) is 36.5 Å². The summed E-state index contributed by atoms with van der Waals surface area (Å²) in [4.78, 5) is 12.5. The average Bonchev–Trinajstić information content (AvgIpc) is 2.35. The fraction of sp³-hybridized carbons (Fsp3) is 0.562. The summed E-state index contributed by atoms with van der Waals surface area (Å²) in [5.41, 5.74) is 1.03. The second-order valence-electron chi connectivity index (χ2n) is 6.49. The lowest BCUT2D eigenvalue weighted by molar-refractivity contribution is -0.130. The van der Waals surface area contributed by atoms with Gasteiger partial charge in [-0.2, -0.15) is 0 Å². The maximum Gasteiger partial charge on any atom is 0.230 e. The van der Waals surface area contributed by atoms with Crippen LogP contribution in [0.1, 0.15) is 38.7 Å². The molecule has 0 radical (unpaired) electrons. The van der Waals surface area contributed by atoms with Crippen LogP contribution in [0.15, 0.2) is 24.3 Å². The molecule has 1 saturated carbocycles. The summed E-state index contributed by atoms with van der Waals surface area (Å²) < 4.78 is 24.9. The molecule has 2 N–H and O–H groups in total. The van der Waals surface area contributed by atoms with E-state index in [1.165, 1.54) is 0 Å². The lowest BCUT2D eigenvalue weighted by Crippen LogP contribution is -2.49. The number of anilines is 1. The summed E-state index contributed by atoms with van der Waals surface area (Å²) in [7, 11) is -3.28. The third-order valence-corrected chi connectivity index (χ3v) is 4.66. The van der Waals surface area contributed by atoms with Gasteiger partial charge >= 0.3 is 0 Å². The Balaban J connectivity index is 2.15. The zero-order valence-electron chi connectivity index (χ0n) is 13.3. The molecule has 0 bridgehead atoms. The Morgan fingerprint density at radius 1 is 1.23 bits per heavy atom. The first-order valence-electron chi connectivity index (χ1n) is 7.59. The Morgan fingerprint density at radius 3 is 2.23 bits per heavy atom. The Bertz CT molecular complexity index is 632. The molecule has 6 heteroatoms. The first-order valence-corrected chi connectivity index (χ1v) is 9.49. The predicted molar refractivity (Wildman–Crippen MR) is 88.3 cm³/mol. The van der Waals surface area contributed by atoms with Crippen LogP contribution in [0.3, 0.4) is 0 Å². The zero-order valence-corrected chi connectivity index (χ0v) is 14.2. The minimum atomic E-state index is -3.28. The predicted octanol–water partition coefficient (Wildman–Crippen LogP) is 2.25. The average molecular weight is 324 g/mol. The molecular formula is C16H24N2O3S. The number of rotatable bonds is 6. The summed E-state index contributed by atoms with van der Waals surface area (Å²) in [6.45, 7) is 4.81. The van der Waals surface area contributed by atoms with Crippen LogP contribution < -0.4 is 10.0 Å². The van der Waals surface area contributed by atoms with Crippen molar-refractivity contribution in [1.29, 1.82) is 0 Å². The Morgan fingerprint density at radius 2 is 1.82 bits per heavy atom. The van der Waals surface area contributed by atoms with E-state index in [9.17, 15) is 13.2 Å². The van der Waals surface area contributed by atoms with Crippen LogP contribution in [0.25, 0.3) is 0 Å². The van der Waals surface area contributed by atoms with Gasteiger partial charge in [0.25, 0.3) is 0 Å². The normalized spacial score (nSPS) is 16.9. The van der Waals surface area contributed by atoms with E-state index in [0.717, 1.165) is 31.1 Å². The number of amides is 1. The largest absolute Gasteiger partial charge is 0.355 e. The van der Waals surface area contributed by atoms with Gasteiger partial charge in [-0.1, -0.05) is 32.4 Å². The van der Waals surface area contributed by atoms with E-state index >= 15 is 0 Å². The van der Waals surface area contributed by atoms with Gasteiger partial charge in [0.15, 0.2) is 0 Å². The summed E-state index contributed by atoms with van der Waals surface area (Å²) in [6, 6.07) is 7.13. The smallest absolute Gasteiger partial charge is 0.230 e. The van der Waals surface area contributed by atoms with Crippen LogP contribution >= 0.6 is 0 Å². The molecule has 0 atom stereocenters. The van der Waals surface area contributed by atoms with Gasteiger partial charge in [0.05, 0.1) is 11.7 Å². The van der Waals surface area contributed by atoms with Gasteiger partial charge in [-0.15, -0.1) is 0 Å². The van der Waals surface area contributed by atoms with Gasteiger partial charge in [0, 0.05) is 12.2 Å². The van der Waals surface area contributed by atoms with E-state index in [4.69, 9.17) is 0 Å². The molecule has 1 aromatic carbocycles. The highest BCUT2D eigenvalue weighted by Gasteiger charge is 2.45. The number of nitrogens with one attached hydrogen (secondary N) is 2. The molecule has 0 heterocycles. The molecule has 0 unspecified atom stereocenters. The first kappa shape index (κ1) is 16.8. The highest BCUT2D eigenvalue weighted by Crippen LogP contribution is 2.44. The molecule has 122 valence electrons.